The molecular formula is C37H28. The summed E-state index contributed by atoms with van der Waals surface area (Å²) < 4.78 is 0. The first-order valence-electron chi connectivity index (χ1n) is 13.4. The molecule has 0 aromatic heterocycles. The van der Waals surface area contributed by atoms with Crippen LogP contribution in [0.5, 0.6) is 0 Å². The summed E-state index contributed by atoms with van der Waals surface area (Å²) in [6.07, 6.45) is 10.2. The zero-order valence-electron chi connectivity index (χ0n) is 21.1. The predicted octanol–water partition coefficient (Wildman–Crippen LogP) is 9.06. The van der Waals surface area contributed by atoms with E-state index < -0.39 is 0 Å². The Morgan fingerprint density at radius 1 is 0.676 bits per heavy atom. The summed E-state index contributed by atoms with van der Waals surface area (Å²) in [5.74, 6) is 0. The van der Waals surface area contributed by atoms with Gasteiger partial charge in [-0.15, -0.1) is 0 Å². The largest absolute Gasteiger partial charge is 0.0795 e. The van der Waals surface area contributed by atoms with Crippen molar-refractivity contribution in [3.05, 3.63) is 154 Å². The monoisotopic (exact) mass is 472 g/mol. The molecule has 5 aromatic carbocycles. The van der Waals surface area contributed by atoms with Crippen LogP contribution in [-0.4, -0.2) is 0 Å². The fraction of sp³-hybridized carbons (Fsp3) is 0.135. The zero-order valence-corrected chi connectivity index (χ0v) is 21.1. The molecule has 0 saturated carbocycles. The van der Waals surface area contributed by atoms with Gasteiger partial charge >= 0.3 is 0 Å². The van der Waals surface area contributed by atoms with Crippen LogP contribution in [0.15, 0.2) is 109 Å². The first kappa shape index (κ1) is 21.0. The lowest BCUT2D eigenvalue weighted by molar-refractivity contribution is 0.611. The van der Waals surface area contributed by atoms with E-state index in [1.54, 1.807) is 0 Å². The first-order valence-corrected chi connectivity index (χ1v) is 13.4. The molecule has 0 fully saturated rings. The molecule has 0 spiro atoms. The Labute approximate surface area is 218 Å². The zero-order chi connectivity index (χ0) is 24.6. The maximum Gasteiger partial charge on any atom is 0.0504 e. The molecular weight excluding hydrogens is 444 g/mol. The van der Waals surface area contributed by atoms with Crippen LogP contribution in [0, 0.1) is 6.92 Å². The lowest BCUT2D eigenvalue weighted by atomic mass is 9.59. The molecule has 1 atom stereocenters. The third-order valence-corrected chi connectivity index (χ3v) is 8.92. The Morgan fingerprint density at radius 2 is 1.54 bits per heavy atom. The van der Waals surface area contributed by atoms with Gasteiger partial charge in [-0.05, 0) is 98.7 Å². The highest BCUT2D eigenvalue weighted by Crippen LogP contribution is 2.54. The van der Waals surface area contributed by atoms with E-state index in [0.29, 0.717) is 0 Å². The fourth-order valence-electron chi connectivity index (χ4n) is 7.38. The van der Waals surface area contributed by atoms with E-state index in [2.05, 4.69) is 122 Å². The van der Waals surface area contributed by atoms with Crippen LogP contribution < -0.4 is 0 Å². The molecule has 0 aliphatic heterocycles. The minimum absolute atomic E-state index is 0.279. The van der Waals surface area contributed by atoms with E-state index in [1.807, 2.05) is 0 Å². The van der Waals surface area contributed by atoms with E-state index in [0.717, 1.165) is 19.3 Å². The Bertz CT molecular complexity index is 1800. The first-order chi connectivity index (χ1) is 18.2. The summed E-state index contributed by atoms with van der Waals surface area (Å²) in [5, 5.41) is 2.88. The molecule has 5 aromatic rings. The Morgan fingerprint density at radius 3 is 2.46 bits per heavy atom. The number of fused-ring (bicyclic) bond motifs is 3. The van der Waals surface area contributed by atoms with Crippen molar-refractivity contribution in [1.82, 2.24) is 0 Å². The van der Waals surface area contributed by atoms with E-state index in [4.69, 9.17) is 0 Å². The van der Waals surface area contributed by atoms with E-state index >= 15 is 0 Å². The standard InChI is InChI=1S/C37H28/c1-24-17-20-30-28(21-24)23-37(29-12-3-2-4-13-29,33-16-6-5-14-31(30)33)34-22-27-11-7-9-25-18-19-26-10-8-15-32(34)36(26)35(25)27/h2-8,10-18,20-22H,9,19,23H2,1H3. The van der Waals surface area contributed by atoms with Crippen LogP contribution >= 0.6 is 0 Å². The van der Waals surface area contributed by atoms with Crippen molar-refractivity contribution in [3.8, 4) is 11.1 Å². The van der Waals surface area contributed by atoms with Crippen molar-refractivity contribution in [2.24, 2.45) is 0 Å². The third-order valence-electron chi connectivity index (χ3n) is 8.92. The summed E-state index contributed by atoms with van der Waals surface area (Å²) in [6, 6.07) is 36.9. The van der Waals surface area contributed by atoms with Crippen LogP contribution in [0.3, 0.4) is 0 Å². The Balaban J connectivity index is 1.56. The highest BCUT2D eigenvalue weighted by atomic mass is 14.5. The summed E-state index contributed by atoms with van der Waals surface area (Å²) >= 11 is 0. The van der Waals surface area contributed by atoms with Crippen LogP contribution in [0.25, 0.3) is 33.5 Å². The van der Waals surface area contributed by atoms with Gasteiger partial charge in [-0.25, -0.2) is 0 Å². The number of allylic oxidation sites excluding steroid dienone is 3. The number of benzene rings is 5. The van der Waals surface area contributed by atoms with Gasteiger partial charge in [-0.2, -0.15) is 0 Å². The molecule has 8 rings (SSSR count). The summed E-state index contributed by atoms with van der Waals surface area (Å²) in [4.78, 5) is 0. The smallest absolute Gasteiger partial charge is 0.0504 e. The average Bonchev–Trinajstić information content (AvgIpc) is 2.95. The molecule has 0 saturated heterocycles. The third kappa shape index (κ3) is 2.84. The molecule has 37 heavy (non-hydrogen) atoms. The molecule has 0 heteroatoms. The average molecular weight is 473 g/mol. The van der Waals surface area contributed by atoms with Gasteiger partial charge in [0.15, 0.2) is 0 Å². The number of rotatable bonds is 2. The van der Waals surface area contributed by atoms with Gasteiger partial charge < -0.3 is 0 Å². The molecule has 0 bridgehead atoms. The normalized spacial score (nSPS) is 18.8. The van der Waals surface area contributed by atoms with Crippen molar-refractivity contribution < 1.29 is 0 Å². The van der Waals surface area contributed by atoms with Crippen molar-refractivity contribution >= 4 is 22.4 Å². The molecule has 0 amide bonds. The quantitative estimate of drug-likeness (QED) is 0.240. The van der Waals surface area contributed by atoms with Crippen molar-refractivity contribution in [2.45, 2.75) is 31.6 Å². The molecule has 0 nitrogen and oxygen atoms in total. The fourth-order valence-corrected chi connectivity index (χ4v) is 7.38. The van der Waals surface area contributed by atoms with E-state index in [1.165, 1.54) is 72.0 Å². The van der Waals surface area contributed by atoms with Gasteiger partial charge in [0, 0.05) is 0 Å². The lowest BCUT2D eigenvalue weighted by Crippen LogP contribution is -2.36. The second kappa shape index (κ2) is 7.67. The van der Waals surface area contributed by atoms with Crippen molar-refractivity contribution in [3.63, 3.8) is 0 Å². The van der Waals surface area contributed by atoms with Crippen LogP contribution in [0.1, 0.15) is 50.9 Å². The summed E-state index contributed by atoms with van der Waals surface area (Å²) in [7, 11) is 0. The Hall–Kier alpha value is -4.16. The molecule has 1 unspecified atom stereocenters. The van der Waals surface area contributed by atoms with Gasteiger partial charge in [0.05, 0.1) is 5.41 Å². The van der Waals surface area contributed by atoms with Gasteiger partial charge in [0.2, 0.25) is 0 Å². The molecule has 0 heterocycles. The number of hydrogen-bond acceptors (Lipinski definition) is 0. The maximum absolute atomic E-state index is 2.53. The minimum Gasteiger partial charge on any atom is -0.0795 e. The van der Waals surface area contributed by atoms with E-state index in [-0.39, 0.29) is 5.41 Å². The molecule has 0 N–H and O–H groups in total. The maximum atomic E-state index is 2.53. The number of hydrogen-bond donors (Lipinski definition) is 0. The molecule has 176 valence electrons. The van der Waals surface area contributed by atoms with Gasteiger partial charge in [-0.1, -0.05) is 115 Å². The second-order valence-corrected chi connectivity index (χ2v) is 10.9. The molecule has 0 radical (unpaired) electrons. The van der Waals surface area contributed by atoms with Crippen LogP contribution in [-0.2, 0) is 18.3 Å². The van der Waals surface area contributed by atoms with Crippen LogP contribution in [0.2, 0.25) is 0 Å². The van der Waals surface area contributed by atoms with Gasteiger partial charge in [0.1, 0.15) is 0 Å². The SMILES string of the molecule is Cc1ccc2c(c1)CC(c1ccccc1)(c1cc3c4c5c(cccc15)CC=C4CC=C3)c1ccccc1-2. The molecule has 3 aliphatic rings. The second-order valence-electron chi connectivity index (χ2n) is 10.9. The van der Waals surface area contributed by atoms with Gasteiger partial charge in [-0.3, -0.25) is 0 Å². The van der Waals surface area contributed by atoms with Crippen molar-refractivity contribution in [1.29, 1.82) is 0 Å². The Kier molecular flexibility index (Phi) is 4.35. The minimum atomic E-state index is -0.279. The lowest BCUT2D eigenvalue weighted by Gasteiger charge is -2.43. The highest BCUT2D eigenvalue weighted by molar-refractivity contribution is 6.05. The molecule has 3 aliphatic carbocycles. The van der Waals surface area contributed by atoms with Gasteiger partial charge in [0.25, 0.3) is 0 Å². The van der Waals surface area contributed by atoms with Crippen LogP contribution in [0.4, 0.5) is 0 Å². The predicted molar refractivity (Wildman–Crippen MR) is 156 cm³/mol. The topological polar surface area (TPSA) is 0 Å². The summed E-state index contributed by atoms with van der Waals surface area (Å²) in [5.41, 5.74) is 15.2. The summed E-state index contributed by atoms with van der Waals surface area (Å²) in [6.45, 7) is 2.22. The van der Waals surface area contributed by atoms with Crippen molar-refractivity contribution in [2.75, 3.05) is 0 Å². The number of aryl methyl sites for hydroxylation is 1. The highest BCUT2D eigenvalue weighted by Gasteiger charge is 2.43. The van der Waals surface area contributed by atoms with E-state index in [9.17, 15) is 0 Å².